The van der Waals surface area contributed by atoms with Crippen LogP contribution in [-0.2, 0) is 0 Å². The first kappa shape index (κ1) is 11.4. The molecule has 0 atom stereocenters. The van der Waals surface area contributed by atoms with Crippen LogP contribution in [0.4, 0.5) is 0 Å². The van der Waals surface area contributed by atoms with Crippen LogP contribution >= 0.6 is 0 Å². The Morgan fingerprint density at radius 3 is 2.40 bits per heavy atom. The highest BCUT2D eigenvalue weighted by Gasteiger charge is 2.32. The summed E-state index contributed by atoms with van der Waals surface area (Å²) in [6.45, 7) is 2.17. The molecule has 0 spiro atoms. The first-order valence-corrected chi connectivity index (χ1v) is 6.66. The van der Waals surface area contributed by atoms with Crippen molar-refractivity contribution in [1.82, 2.24) is 4.90 Å². The van der Waals surface area contributed by atoms with Crippen LogP contribution in [0.2, 0.25) is 0 Å². The van der Waals surface area contributed by atoms with Crippen molar-refractivity contribution < 1.29 is 0 Å². The first-order valence-electron chi connectivity index (χ1n) is 6.66. The van der Waals surface area contributed by atoms with E-state index in [2.05, 4.69) is 11.9 Å². The zero-order valence-corrected chi connectivity index (χ0v) is 10.2. The van der Waals surface area contributed by atoms with Gasteiger partial charge in [0.2, 0.25) is 0 Å². The minimum atomic E-state index is 0.501. The molecule has 2 aliphatic rings. The monoisotopic (exact) mass is 210 g/mol. The molecule has 0 radical (unpaired) electrons. The van der Waals surface area contributed by atoms with Crippen LogP contribution in [0.3, 0.4) is 0 Å². The van der Waals surface area contributed by atoms with Crippen molar-refractivity contribution in [2.24, 2.45) is 11.1 Å². The van der Waals surface area contributed by atoms with Gasteiger partial charge in [0.05, 0.1) is 0 Å². The second-order valence-corrected chi connectivity index (χ2v) is 5.73. The fourth-order valence-corrected chi connectivity index (χ4v) is 2.97. The summed E-state index contributed by atoms with van der Waals surface area (Å²) in [4.78, 5) is 2.55. The Morgan fingerprint density at radius 1 is 1.20 bits per heavy atom. The molecule has 0 saturated heterocycles. The zero-order valence-electron chi connectivity index (χ0n) is 10.2. The van der Waals surface area contributed by atoms with E-state index in [0.717, 1.165) is 12.6 Å². The Balaban J connectivity index is 1.78. The normalized spacial score (nSPS) is 25.8. The lowest BCUT2D eigenvalue weighted by molar-refractivity contribution is 0.154. The summed E-state index contributed by atoms with van der Waals surface area (Å²) >= 11 is 0. The number of nitrogens with two attached hydrogens (primary N) is 1. The maximum atomic E-state index is 6.00. The van der Waals surface area contributed by atoms with E-state index in [9.17, 15) is 0 Å². The van der Waals surface area contributed by atoms with Gasteiger partial charge in [-0.25, -0.2) is 0 Å². The molecular weight excluding hydrogens is 184 g/mol. The third-order valence-corrected chi connectivity index (χ3v) is 4.51. The third kappa shape index (κ3) is 2.94. The van der Waals surface area contributed by atoms with E-state index >= 15 is 0 Å². The lowest BCUT2D eigenvalue weighted by atomic mass is 9.72. The molecule has 0 aromatic carbocycles. The van der Waals surface area contributed by atoms with Crippen molar-refractivity contribution in [3.05, 3.63) is 0 Å². The van der Waals surface area contributed by atoms with Crippen molar-refractivity contribution in [1.29, 1.82) is 0 Å². The summed E-state index contributed by atoms with van der Waals surface area (Å²) < 4.78 is 0. The van der Waals surface area contributed by atoms with Gasteiger partial charge < -0.3 is 10.6 Å². The predicted molar refractivity (Wildman–Crippen MR) is 64.8 cm³/mol. The largest absolute Gasteiger partial charge is 0.330 e. The molecule has 2 N–H and O–H groups in total. The third-order valence-electron chi connectivity index (χ3n) is 4.51. The minimum Gasteiger partial charge on any atom is -0.330 e. The summed E-state index contributed by atoms with van der Waals surface area (Å²) in [6.07, 6.45) is 11.2. The summed E-state index contributed by atoms with van der Waals surface area (Å²) in [5.41, 5.74) is 6.50. The number of hydrogen-bond donors (Lipinski definition) is 1. The first-order chi connectivity index (χ1) is 7.26. The van der Waals surface area contributed by atoms with Crippen molar-refractivity contribution in [3.8, 4) is 0 Å². The Morgan fingerprint density at radius 2 is 1.87 bits per heavy atom. The van der Waals surface area contributed by atoms with Crippen LogP contribution in [0.1, 0.15) is 51.4 Å². The highest BCUT2D eigenvalue weighted by molar-refractivity contribution is 4.87. The van der Waals surface area contributed by atoms with E-state index in [-0.39, 0.29) is 0 Å². The fraction of sp³-hybridized carbons (Fsp3) is 1.00. The van der Waals surface area contributed by atoms with Gasteiger partial charge in [0, 0.05) is 6.04 Å². The van der Waals surface area contributed by atoms with Gasteiger partial charge in [-0.1, -0.05) is 19.3 Å². The van der Waals surface area contributed by atoms with E-state index in [1.807, 2.05) is 0 Å². The van der Waals surface area contributed by atoms with E-state index in [4.69, 9.17) is 5.73 Å². The Labute approximate surface area is 94.2 Å². The van der Waals surface area contributed by atoms with E-state index in [0.29, 0.717) is 5.41 Å². The van der Waals surface area contributed by atoms with Gasteiger partial charge in [0.15, 0.2) is 0 Å². The van der Waals surface area contributed by atoms with E-state index in [1.165, 1.54) is 57.9 Å². The quantitative estimate of drug-likeness (QED) is 0.755. The smallest absolute Gasteiger partial charge is 0.00933 e. The van der Waals surface area contributed by atoms with Gasteiger partial charge in [-0.3, -0.25) is 0 Å². The summed E-state index contributed by atoms with van der Waals surface area (Å²) in [7, 11) is 2.28. The summed E-state index contributed by atoms with van der Waals surface area (Å²) in [5, 5.41) is 0. The lowest BCUT2D eigenvalue weighted by Gasteiger charge is -2.37. The molecule has 0 heterocycles. The van der Waals surface area contributed by atoms with Crippen LogP contribution in [0, 0.1) is 5.41 Å². The second-order valence-electron chi connectivity index (χ2n) is 5.73. The standard InChI is InChI=1S/C13H26N2/c1-15(12-5-6-12)10-9-13(11-14)7-3-2-4-8-13/h12H,2-11,14H2,1H3. The molecule has 0 unspecified atom stereocenters. The Bertz CT molecular complexity index is 193. The highest BCUT2D eigenvalue weighted by atomic mass is 15.1. The molecule has 2 rings (SSSR count). The molecule has 2 aliphatic carbocycles. The number of hydrogen-bond acceptors (Lipinski definition) is 2. The molecule has 2 nitrogen and oxygen atoms in total. The molecule has 0 bridgehead atoms. The lowest BCUT2D eigenvalue weighted by Crippen LogP contribution is -2.36. The van der Waals surface area contributed by atoms with Gasteiger partial charge in [0.1, 0.15) is 0 Å². The fourth-order valence-electron chi connectivity index (χ4n) is 2.97. The van der Waals surface area contributed by atoms with E-state index < -0.39 is 0 Å². The average Bonchev–Trinajstić information content (AvgIpc) is 3.11. The van der Waals surface area contributed by atoms with Gasteiger partial charge in [0.25, 0.3) is 0 Å². The topological polar surface area (TPSA) is 29.3 Å². The predicted octanol–water partition coefficient (Wildman–Crippen LogP) is 2.38. The molecule has 2 heteroatoms. The Hall–Kier alpha value is -0.0800. The van der Waals surface area contributed by atoms with Crippen LogP contribution in [-0.4, -0.2) is 31.1 Å². The van der Waals surface area contributed by atoms with Crippen molar-refractivity contribution in [2.75, 3.05) is 20.1 Å². The van der Waals surface area contributed by atoms with E-state index in [1.54, 1.807) is 0 Å². The van der Waals surface area contributed by atoms with Gasteiger partial charge >= 0.3 is 0 Å². The molecule has 0 aromatic heterocycles. The van der Waals surface area contributed by atoms with Gasteiger partial charge in [-0.05, 0) is 57.7 Å². The maximum absolute atomic E-state index is 6.00. The molecule has 0 aliphatic heterocycles. The van der Waals surface area contributed by atoms with Crippen LogP contribution in [0.15, 0.2) is 0 Å². The highest BCUT2D eigenvalue weighted by Crippen LogP contribution is 2.39. The minimum absolute atomic E-state index is 0.501. The molecule has 15 heavy (non-hydrogen) atoms. The van der Waals surface area contributed by atoms with Crippen LogP contribution < -0.4 is 5.73 Å². The van der Waals surface area contributed by atoms with Crippen molar-refractivity contribution in [3.63, 3.8) is 0 Å². The molecule has 88 valence electrons. The van der Waals surface area contributed by atoms with Crippen molar-refractivity contribution >= 4 is 0 Å². The molecule has 0 aromatic rings. The van der Waals surface area contributed by atoms with Crippen molar-refractivity contribution in [2.45, 2.75) is 57.4 Å². The molecule has 0 amide bonds. The number of rotatable bonds is 5. The van der Waals surface area contributed by atoms with Gasteiger partial charge in [-0.2, -0.15) is 0 Å². The summed E-state index contributed by atoms with van der Waals surface area (Å²) in [5.74, 6) is 0. The average molecular weight is 210 g/mol. The summed E-state index contributed by atoms with van der Waals surface area (Å²) in [6, 6.07) is 0.906. The van der Waals surface area contributed by atoms with Gasteiger partial charge in [-0.15, -0.1) is 0 Å². The number of nitrogens with zero attached hydrogens (tertiary/aromatic N) is 1. The van der Waals surface area contributed by atoms with Crippen LogP contribution in [0.25, 0.3) is 0 Å². The Kier molecular flexibility index (Phi) is 3.68. The zero-order chi connectivity index (χ0) is 10.7. The maximum Gasteiger partial charge on any atom is 0.00933 e. The van der Waals surface area contributed by atoms with Crippen LogP contribution in [0.5, 0.6) is 0 Å². The molecule has 2 saturated carbocycles. The molecular formula is C13H26N2. The molecule has 2 fully saturated rings. The SMILES string of the molecule is CN(CCC1(CN)CCCCC1)C1CC1. The second kappa shape index (κ2) is 4.84.